The van der Waals surface area contributed by atoms with Gasteiger partial charge in [0, 0.05) is 34.3 Å². The van der Waals surface area contributed by atoms with Crippen LogP contribution in [-0.2, 0) is 13.2 Å². The monoisotopic (exact) mass is 484 g/mol. The summed E-state index contributed by atoms with van der Waals surface area (Å²) >= 11 is 12.2. The predicted octanol–water partition coefficient (Wildman–Crippen LogP) is 4.49. The summed E-state index contributed by atoms with van der Waals surface area (Å²) in [7, 11) is 1.63. The molecule has 5 nitrogen and oxygen atoms in total. The smallest absolute Gasteiger partial charge is 0.166 e. The molecular weight excluding hydrogens is 458 g/mol. The van der Waals surface area contributed by atoms with Gasteiger partial charge in [-0.1, -0.05) is 41.4 Å². The number of ether oxygens (including phenoxy) is 2. The van der Waals surface area contributed by atoms with Gasteiger partial charge >= 0.3 is 0 Å². The Bertz CT molecular complexity index is 720. The Morgan fingerprint density at radius 1 is 0.966 bits per heavy atom. The van der Waals surface area contributed by atoms with Crippen molar-refractivity contribution in [1.82, 2.24) is 10.6 Å². The maximum atomic E-state index is 8.74. The van der Waals surface area contributed by atoms with Crippen LogP contribution in [0.2, 0.25) is 10.0 Å². The molecule has 3 N–H and O–H groups in total. The second-order valence-electron chi connectivity index (χ2n) is 5.98. The number of benzene rings is 2. The van der Waals surface area contributed by atoms with Gasteiger partial charge in [0.2, 0.25) is 0 Å². The van der Waals surface area contributed by atoms with Crippen LogP contribution in [0, 0.1) is 0 Å². The molecule has 0 unspecified atom stereocenters. The first-order chi connectivity index (χ1) is 13.2. The number of nitrogens with one attached hydrogen (secondary N) is 2. The van der Waals surface area contributed by atoms with E-state index in [1.54, 1.807) is 19.2 Å². The zero-order chi connectivity index (χ0) is 19.5. The van der Waals surface area contributed by atoms with Gasteiger partial charge in [-0.15, -0.1) is 24.8 Å². The van der Waals surface area contributed by atoms with Crippen molar-refractivity contribution >= 4 is 48.0 Å². The van der Waals surface area contributed by atoms with Crippen LogP contribution in [0.25, 0.3) is 0 Å². The molecule has 0 aliphatic heterocycles. The second-order valence-corrected chi connectivity index (χ2v) is 6.82. The summed E-state index contributed by atoms with van der Waals surface area (Å²) in [4.78, 5) is 0. The highest BCUT2D eigenvalue weighted by molar-refractivity contribution is 6.35. The molecule has 0 aliphatic carbocycles. The van der Waals surface area contributed by atoms with Crippen molar-refractivity contribution in [1.29, 1.82) is 0 Å². The van der Waals surface area contributed by atoms with E-state index >= 15 is 0 Å². The average molecular weight is 486 g/mol. The lowest BCUT2D eigenvalue weighted by Gasteiger charge is -2.16. The summed E-state index contributed by atoms with van der Waals surface area (Å²) < 4.78 is 11.5. The largest absolute Gasteiger partial charge is 0.493 e. The van der Waals surface area contributed by atoms with Crippen LogP contribution >= 0.6 is 48.0 Å². The van der Waals surface area contributed by atoms with E-state index in [4.69, 9.17) is 37.8 Å². The van der Waals surface area contributed by atoms with Crippen LogP contribution in [0.15, 0.2) is 36.4 Å². The van der Waals surface area contributed by atoms with Crippen molar-refractivity contribution in [3.8, 4) is 11.5 Å². The van der Waals surface area contributed by atoms with E-state index in [1.165, 1.54) is 0 Å². The molecule has 0 fully saturated rings. The number of para-hydroxylation sites is 1. The van der Waals surface area contributed by atoms with E-state index in [1.807, 2.05) is 24.3 Å². The fourth-order valence-electron chi connectivity index (χ4n) is 2.58. The van der Waals surface area contributed by atoms with Gasteiger partial charge in [0.25, 0.3) is 0 Å². The fraction of sp³-hybridized carbons (Fsp3) is 0.400. The van der Waals surface area contributed by atoms with Crippen LogP contribution in [0.3, 0.4) is 0 Å². The molecule has 9 heteroatoms. The standard InChI is InChI=1S/C20H26Cl2N2O3.2ClH/c1-26-19-5-2-4-15(13-24-9-3-8-23-10-11-25)20(19)27-14-16-6-7-17(21)12-18(16)22;;/h2,4-7,12,23-25H,3,8-11,13-14H2,1H3;2*1H. The Morgan fingerprint density at radius 2 is 1.72 bits per heavy atom. The topological polar surface area (TPSA) is 62.8 Å². The molecule has 0 aliphatic rings. The minimum Gasteiger partial charge on any atom is -0.493 e. The average Bonchev–Trinajstić information content (AvgIpc) is 2.67. The number of aliphatic hydroxyl groups excluding tert-OH is 1. The number of halogens is 4. The molecule has 0 amide bonds. The van der Waals surface area contributed by atoms with Crippen LogP contribution in [0.1, 0.15) is 17.5 Å². The predicted molar refractivity (Wildman–Crippen MR) is 125 cm³/mol. The van der Waals surface area contributed by atoms with E-state index in [2.05, 4.69) is 10.6 Å². The SMILES string of the molecule is COc1cccc(CNCCCNCCO)c1OCc1ccc(Cl)cc1Cl.Cl.Cl. The number of aliphatic hydroxyl groups is 1. The van der Waals surface area contributed by atoms with E-state index in [0.717, 1.165) is 30.6 Å². The highest BCUT2D eigenvalue weighted by atomic mass is 35.5. The maximum absolute atomic E-state index is 8.74. The highest BCUT2D eigenvalue weighted by Gasteiger charge is 2.12. The number of rotatable bonds is 12. The number of methoxy groups -OCH3 is 1. The quantitative estimate of drug-likeness (QED) is 0.386. The minimum absolute atomic E-state index is 0. The summed E-state index contributed by atoms with van der Waals surface area (Å²) in [6.45, 7) is 3.51. The van der Waals surface area contributed by atoms with Gasteiger partial charge in [0.1, 0.15) is 6.61 Å². The Balaban J connectivity index is 0.00000392. The molecule has 0 heterocycles. The Hall–Kier alpha value is -0.920. The van der Waals surface area contributed by atoms with Crippen molar-refractivity contribution in [3.63, 3.8) is 0 Å². The Labute approximate surface area is 194 Å². The van der Waals surface area contributed by atoms with E-state index in [9.17, 15) is 0 Å². The first kappa shape index (κ1) is 28.1. The minimum atomic E-state index is 0. The molecule has 164 valence electrons. The van der Waals surface area contributed by atoms with Crippen LogP contribution in [-0.4, -0.2) is 38.5 Å². The number of hydrogen-bond donors (Lipinski definition) is 3. The van der Waals surface area contributed by atoms with Gasteiger partial charge in [0.05, 0.1) is 13.7 Å². The van der Waals surface area contributed by atoms with Crippen molar-refractivity contribution in [2.24, 2.45) is 0 Å². The zero-order valence-corrected chi connectivity index (χ0v) is 19.4. The first-order valence-electron chi connectivity index (χ1n) is 8.90. The van der Waals surface area contributed by atoms with Crippen LogP contribution in [0.5, 0.6) is 11.5 Å². The van der Waals surface area contributed by atoms with E-state index < -0.39 is 0 Å². The van der Waals surface area contributed by atoms with Gasteiger partial charge in [-0.25, -0.2) is 0 Å². The van der Waals surface area contributed by atoms with Gasteiger partial charge < -0.3 is 25.2 Å². The normalized spacial score (nSPS) is 10.1. The summed E-state index contributed by atoms with van der Waals surface area (Å²) in [6, 6.07) is 11.2. The van der Waals surface area contributed by atoms with Gasteiger partial charge in [-0.05, 0) is 37.7 Å². The molecule has 0 spiro atoms. The van der Waals surface area contributed by atoms with Crippen LogP contribution in [0.4, 0.5) is 0 Å². The van der Waals surface area contributed by atoms with E-state index in [-0.39, 0.29) is 31.4 Å². The maximum Gasteiger partial charge on any atom is 0.166 e. The van der Waals surface area contributed by atoms with E-state index in [0.29, 0.717) is 41.2 Å². The molecule has 29 heavy (non-hydrogen) atoms. The van der Waals surface area contributed by atoms with Crippen molar-refractivity contribution in [2.75, 3.05) is 33.4 Å². The molecule has 2 aromatic rings. The molecule has 2 aromatic carbocycles. The summed E-state index contributed by atoms with van der Waals surface area (Å²) in [5, 5.41) is 16.5. The Morgan fingerprint density at radius 3 is 2.41 bits per heavy atom. The molecule has 0 atom stereocenters. The molecule has 0 bridgehead atoms. The third-order valence-corrected chi connectivity index (χ3v) is 4.57. The van der Waals surface area contributed by atoms with Crippen molar-refractivity contribution < 1.29 is 14.6 Å². The highest BCUT2D eigenvalue weighted by Crippen LogP contribution is 2.32. The van der Waals surface area contributed by atoms with Crippen molar-refractivity contribution in [3.05, 3.63) is 57.6 Å². The molecule has 0 saturated heterocycles. The lowest BCUT2D eigenvalue weighted by atomic mass is 10.1. The zero-order valence-electron chi connectivity index (χ0n) is 16.2. The second kappa shape index (κ2) is 15.9. The lowest BCUT2D eigenvalue weighted by molar-refractivity contribution is 0.280. The first-order valence-corrected chi connectivity index (χ1v) is 9.66. The third kappa shape index (κ3) is 9.62. The molecule has 2 rings (SSSR count). The summed E-state index contributed by atoms with van der Waals surface area (Å²) in [5.41, 5.74) is 1.88. The lowest BCUT2D eigenvalue weighted by Crippen LogP contribution is -2.24. The molecular formula is C20H28Cl4N2O3. The molecule has 0 saturated carbocycles. The fourth-order valence-corrected chi connectivity index (χ4v) is 3.04. The van der Waals surface area contributed by atoms with Gasteiger partial charge in [-0.3, -0.25) is 0 Å². The molecule has 0 aromatic heterocycles. The van der Waals surface area contributed by atoms with Crippen molar-refractivity contribution in [2.45, 2.75) is 19.6 Å². The summed E-state index contributed by atoms with van der Waals surface area (Å²) in [6.07, 6.45) is 0.973. The summed E-state index contributed by atoms with van der Waals surface area (Å²) in [5.74, 6) is 1.39. The van der Waals surface area contributed by atoms with Gasteiger partial charge in [0.15, 0.2) is 11.5 Å². The molecule has 0 radical (unpaired) electrons. The van der Waals surface area contributed by atoms with Gasteiger partial charge in [-0.2, -0.15) is 0 Å². The van der Waals surface area contributed by atoms with Crippen LogP contribution < -0.4 is 20.1 Å². The Kier molecular flexibility index (Phi) is 15.4. The third-order valence-electron chi connectivity index (χ3n) is 3.98. The number of hydrogen-bond acceptors (Lipinski definition) is 5.